The number of hydrogen-bond donors (Lipinski definition) is 0. The lowest BCUT2D eigenvalue weighted by atomic mass is 9.75. The highest BCUT2D eigenvalue weighted by Crippen LogP contribution is 2.35. The zero-order valence-electron chi connectivity index (χ0n) is 7.96. The van der Waals surface area contributed by atoms with Crippen molar-refractivity contribution in [3.8, 4) is 0 Å². The van der Waals surface area contributed by atoms with Crippen LogP contribution >= 0.6 is 0 Å². The van der Waals surface area contributed by atoms with Crippen LogP contribution in [-0.4, -0.2) is 25.3 Å². The number of rotatable bonds is 1. The first-order chi connectivity index (χ1) is 5.90. The van der Waals surface area contributed by atoms with Crippen LogP contribution in [0.3, 0.4) is 0 Å². The summed E-state index contributed by atoms with van der Waals surface area (Å²) in [5.74, 6) is 1.96. The molecule has 1 saturated carbocycles. The van der Waals surface area contributed by atoms with Crippen LogP contribution in [-0.2, 0) is 4.84 Å². The molecule has 0 N–H and O–H groups in total. The molecule has 0 aromatic carbocycles. The van der Waals surface area contributed by atoms with Crippen molar-refractivity contribution in [2.24, 2.45) is 11.8 Å². The number of hydroxylamine groups is 2. The second-order valence-corrected chi connectivity index (χ2v) is 4.16. The Morgan fingerprint density at radius 2 is 1.83 bits per heavy atom. The Kier molecular flexibility index (Phi) is 2.66. The van der Waals surface area contributed by atoms with Crippen molar-refractivity contribution in [3.05, 3.63) is 0 Å². The van der Waals surface area contributed by atoms with Crippen molar-refractivity contribution in [3.63, 3.8) is 0 Å². The fraction of sp³-hybridized carbons (Fsp3) is 1.00. The minimum Gasteiger partial charge on any atom is -0.302 e. The molecule has 2 rings (SSSR count). The van der Waals surface area contributed by atoms with Gasteiger partial charge in [-0.1, -0.05) is 19.3 Å². The third kappa shape index (κ3) is 1.64. The predicted octanol–water partition coefficient (Wildman–Crippen LogP) is 2.06. The molecule has 0 amide bonds. The molecular weight excluding hydrogens is 150 g/mol. The molecule has 0 radical (unpaired) electrons. The molecule has 2 nitrogen and oxygen atoms in total. The molecule has 2 atom stereocenters. The topological polar surface area (TPSA) is 12.5 Å². The molecule has 1 heterocycles. The van der Waals surface area contributed by atoms with Gasteiger partial charge in [-0.3, -0.25) is 0 Å². The second-order valence-electron chi connectivity index (χ2n) is 4.16. The molecule has 0 aromatic heterocycles. The van der Waals surface area contributed by atoms with E-state index in [9.17, 15) is 0 Å². The molecule has 0 spiro atoms. The maximum absolute atomic E-state index is 5.27. The van der Waals surface area contributed by atoms with E-state index in [2.05, 4.69) is 5.06 Å². The SMILES string of the molecule is CON1CCC2CCCCC2C1. The number of nitrogens with zero attached hydrogens (tertiary/aromatic N) is 1. The summed E-state index contributed by atoms with van der Waals surface area (Å²) in [6.07, 6.45) is 7.18. The summed E-state index contributed by atoms with van der Waals surface area (Å²) in [5.41, 5.74) is 0. The Bertz CT molecular complexity index is 149. The lowest BCUT2D eigenvalue weighted by Crippen LogP contribution is -2.40. The van der Waals surface area contributed by atoms with Crippen LogP contribution in [0.15, 0.2) is 0 Å². The summed E-state index contributed by atoms with van der Waals surface area (Å²) in [6.45, 7) is 2.33. The van der Waals surface area contributed by atoms with Gasteiger partial charge in [-0.25, -0.2) is 0 Å². The first-order valence-corrected chi connectivity index (χ1v) is 5.19. The standard InChI is InChI=1S/C10H19NO/c1-12-11-7-6-9-4-2-3-5-10(9)8-11/h9-10H,2-8H2,1H3. The van der Waals surface area contributed by atoms with Crippen molar-refractivity contribution >= 4 is 0 Å². The first kappa shape index (κ1) is 8.52. The molecule has 0 bridgehead atoms. The fourth-order valence-corrected chi connectivity index (χ4v) is 2.73. The molecule has 1 aliphatic carbocycles. The lowest BCUT2D eigenvalue weighted by Gasteiger charge is -2.39. The normalized spacial score (nSPS) is 37.8. The Labute approximate surface area is 74.8 Å². The van der Waals surface area contributed by atoms with Crippen molar-refractivity contribution < 1.29 is 4.84 Å². The molecule has 1 saturated heterocycles. The quantitative estimate of drug-likeness (QED) is 0.595. The van der Waals surface area contributed by atoms with Gasteiger partial charge >= 0.3 is 0 Å². The van der Waals surface area contributed by atoms with E-state index in [1.54, 1.807) is 7.11 Å². The van der Waals surface area contributed by atoms with Crippen LogP contribution in [0.2, 0.25) is 0 Å². The monoisotopic (exact) mass is 169 g/mol. The molecular formula is C10H19NO. The predicted molar refractivity (Wildman–Crippen MR) is 48.6 cm³/mol. The Balaban J connectivity index is 1.90. The highest BCUT2D eigenvalue weighted by atomic mass is 16.7. The van der Waals surface area contributed by atoms with E-state index in [1.165, 1.54) is 38.6 Å². The van der Waals surface area contributed by atoms with Crippen LogP contribution in [0.5, 0.6) is 0 Å². The molecule has 12 heavy (non-hydrogen) atoms. The minimum atomic E-state index is 0.937. The Morgan fingerprint density at radius 1 is 1.08 bits per heavy atom. The third-order valence-corrected chi connectivity index (χ3v) is 3.51. The Hall–Kier alpha value is -0.0800. The summed E-state index contributed by atoms with van der Waals surface area (Å²) >= 11 is 0. The van der Waals surface area contributed by atoms with Gasteiger partial charge in [-0.2, -0.15) is 5.06 Å². The van der Waals surface area contributed by atoms with Gasteiger partial charge in [0.25, 0.3) is 0 Å². The van der Waals surface area contributed by atoms with Gasteiger partial charge < -0.3 is 4.84 Å². The summed E-state index contributed by atoms with van der Waals surface area (Å²) in [7, 11) is 1.79. The summed E-state index contributed by atoms with van der Waals surface area (Å²) in [4.78, 5) is 5.27. The molecule has 0 aromatic rings. The summed E-state index contributed by atoms with van der Waals surface area (Å²) < 4.78 is 0. The molecule has 2 aliphatic rings. The van der Waals surface area contributed by atoms with Gasteiger partial charge in [0.1, 0.15) is 0 Å². The highest BCUT2D eigenvalue weighted by Gasteiger charge is 2.30. The van der Waals surface area contributed by atoms with E-state index >= 15 is 0 Å². The fourth-order valence-electron chi connectivity index (χ4n) is 2.73. The van der Waals surface area contributed by atoms with Crippen molar-refractivity contribution in [1.82, 2.24) is 5.06 Å². The molecule has 2 unspecified atom stereocenters. The average molecular weight is 169 g/mol. The van der Waals surface area contributed by atoms with Gasteiger partial charge in [0, 0.05) is 13.1 Å². The van der Waals surface area contributed by atoms with E-state index < -0.39 is 0 Å². The van der Waals surface area contributed by atoms with Crippen LogP contribution in [0.25, 0.3) is 0 Å². The van der Waals surface area contributed by atoms with Crippen molar-refractivity contribution in [2.75, 3.05) is 20.2 Å². The first-order valence-electron chi connectivity index (χ1n) is 5.19. The summed E-state index contributed by atoms with van der Waals surface area (Å²) in [5, 5.41) is 2.13. The minimum absolute atomic E-state index is 0.937. The summed E-state index contributed by atoms with van der Waals surface area (Å²) in [6, 6.07) is 0. The van der Waals surface area contributed by atoms with Gasteiger partial charge in [0.15, 0.2) is 0 Å². The van der Waals surface area contributed by atoms with Crippen LogP contribution in [0.4, 0.5) is 0 Å². The number of piperidine rings is 1. The van der Waals surface area contributed by atoms with Gasteiger partial charge in [0.2, 0.25) is 0 Å². The second kappa shape index (κ2) is 3.75. The highest BCUT2D eigenvalue weighted by molar-refractivity contribution is 4.80. The van der Waals surface area contributed by atoms with Crippen LogP contribution in [0, 0.1) is 11.8 Å². The van der Waals surface area contributed by atoms with Gasteiger partial charge in [-0.05, 0) is 24.7 Å². The van der Waals surface area contributed by atoms with E-state index in [0.717, 1.165) is 18.4 Å². The zero-order chi connectivity index (χ0) is 8.39. The maximum atomic E-state index is 5.27. The number of fused-ring (bicyclic) bond motifs is 1. The maximum Gasteiger partial charge on any atom is 0.0575 e. The smallest absolute Gasteiger partial charge is 0.0575 e. The third-order valence-electron chi connectivity index (χ3n) is 3.51. The van der Waals surface area contributed by atoms with Crippen LogP contribution in [0.1, 0.15) is 32.1 Å². The number of hydrogen-bond acceptors (Lipinski definition) is 2. The van der Waals surface area contributed by atoms with Crippen molar-refractivity contribution in [2.45, 2.75) is 32.1 Å². The van der Waals surface area contributed by atoms with E-state index in [1.807, 2.05) is 0 Å². The molecule has 2 fully saturated rings. The van der Waals surface area contributed by atoms with Crippen LogP contribution < -0.4 is 0 Å². The Morgan fingerprint density at radius 3 is 2.58 bits per heavy atom. The van der Waals surface area contributed by atoms with Crippen molar-refractivity contribution in [1.29, 1.82) is 0 Å². The largest absolute Gasteiger partial charge is 0.302 e. The van der Waals surface area contributed by atoms with Gasteiger partial charge in [0.05, 0.1) is 7.11 Å². The lowest BCUT2D eigenvalue weighted by molar-refractivity contribution is -0.165. The van der Waals surface area contributed by atoms with E-state index in [4.69, 9.17) is 4.84 Å². The van der Waals surface area contributed by atoms with E-state index in [0.29, 0.717) is 0 Å². The zero-order valence-corrected chi connectivity index (χ0v) is 7.96. The average Bonchev–Trinajstić information content (AvgIpc) is 2.17. The molecule has 2 heteroatoms. The van der Waals surface area contributed by atoms with E-state index in [-0.39, 0.29) is 0 Å². The van der Waals surface area contributed by atoms with Gasteiger partial charge in [-0.15, -0.1) is 0 Å². The molecule has 70 valence electrons. The molecule has 1 aliphatic heterocycles.